The van der Waals surface area contributed by atoms with Gasteiger partial charge in [-0.25, -0.2) is 0 Å². The van der Waals surface area contributed by atoms with Crippen molar-refractivity contribution in [3.8, 4) is 5.75 Å². The smallest absolute Gasteiger partial charge is 0.306 e. The van der Waals surface area contributed by atoms with Crippen LogP contribution in [0.4, 0.5) is 11.4 Å². The number of H-pyrrole nitrogens is 1. The predicted molar refractivity (Wildman–Crippen MR) is 116 cm³/mol. The Balaban J connectivity index is 0.00000341. The Labute approximate surface area is 176 Å². The van der Waals surface area contributed by atoms with Crippen LogP contribution in [0.3, 0.4) is 0 Å². The third-order valence-corrected chi connectivity index (χ3v) is 4.74. The number of hydrogen-bond donors (Lipinski definition) is 4. The molecule has 2 aromatic carbocycles. The molecule has 0 spiro atoms. The maximum absolute atomic E-state index is 13.2. The van der Waals surface area contributed by atoms with Crippen molar-refractivity contribution in [2.24, 2.45) is 0 Å². The lowest BCUT2D eigenvalue weighted by molar-refractivity contribution is -0.383. The van der Waals surface area contributed by atoms with E-state index in [0.717, 1.165) is 12.3 Å². The number of aliphatic hydroxyl groups excluding tert-OH is 1. The van der Waals surface area contributed by atoms with E-state index in [1.807, 2.05) is 0 Å². The minimum atomic E-state index is -4.03. The highest BCUT2D eigenvalue weighted by atomic mass is 32.2. The van der Waals surface area contributed by atoms with Gasteiger partial charge < -0.3 is 30.4 Å². The quantitative estimate of drug-likeness (QED) is 0.114. The second-order valence-electron chi connectivity index (χ2n) is 6.46. The van der Waals surface area contributed by atoms with Crippen molar-refractivity contribution in [3.05, 3.63) is 50.7 Å². The van der Waals surface area contributed by atoms with Crippen LogP contribution in [-0.4, -0.2) is 61.4 Å². The first-order valence-electron chi connectivity index (χ1n) is 8.94. The second-order valence-corrected chi connectivity index (χ2v) is 8.04. The molecule has 13 heteroatoms. The Morgan fingerprint density at radius 3 is 2.58 bits per heavy atom. The van der Waals surface area contributed by atoms with Crippen LogP contribution in [0.25, 0.3) is 21.8 Å². The average Bonchev–Trinajstić information content (AvgIpc) is 2.67. The number of rotatable bonds is 9. The van der Waals surface area contributed by atoms with Crippen molar-refractivity contribution in [1.29, 1.82) is 0 Å². The Morgan fingerprint density at radius 1 is 1.23 bits per heavy atom. The molecule has 168 valence electrons. The third kappa shape index (κ3) is 5.27. The number of non-ortho nitro benzene ring substituents is 1. The standard InChI is InChI=1S/C18H20N4O7S.H2O/c1-30(27,28)29-14-10-13(22(25)26)16-15(17(14)20-7-6-19-8-9-23)18(24)11-4-2-3-5-12(11)21-16;/h2-5,10,19-20,23H,6-9H2,1H3,(H,21,24);1H2. The van der Waals surface area contributed by atoms with E-state index in [9.17, 15) is 23.3 Å². The number of aromatic amines is 1. The summed E-state index contributed by atoms with van der Waals surface area (Å²) in [5, 5.41) is 26.6. The van der Waals surface area contributed by atoms with Gasteiger partial charge in [-0.05, 0) is 12.1 Å². The van der Waals surface area contributed by atoms with Crippen LogP contribution < -0.4 is 20.2 Å². The molecule has 12 nitrogen and oxygen atoms in total. The van der Waals surface area contributed by atoms with Crippen molar-refractivity contribution >= 4 is 43.3 Å². The van der Waals surface area contributed by atoms with E-state index in [4.69, 9.17) is 9.29 Å². The van der Waals surface area contributed by atoms with Crippen LogP contribution in [0.5, 0.6) is 5.75 Å². The number of nitro groups is 1. The monoisotopic (exact) mass is 454 g/mol. The highest BCUT2D eigenvalue weighted by molar-refractivity contribution is 7.86. The van der Waals surface area contributed by atoms with Gasteiger partial charge in [0.1, 0.15) is 5.52 Å². The molecule has 0 fully saturated rings. The Kier molecular flexibility index (Phi) is 7.51. The Morgan fingerprint density at radius 2 is 1.94 bits per heavy atom. The number of aromatic nitrogens is 1. The molecule has 1 heterocycles. The van der Waals surface area contributed by atoms with E-state index in [0.29, 0.717) is 18.6 Å². The maximum atomic E-state index is 13.2. The van der Waals surface area contributed by atoms with Gasteiger partial charge in [0.15, 0.2) is 11.2 Å². The van der Waals surface area contributed by atoms with Crippen molar-refractivity contribution < 1.29 is 28.1 Å². The molecule has 1 aromatic heterocycles. The lowest BCUT2D eigenvalue weighted by atomic mass is 10.1. The van der Waals surface area contributed by atoms with E-state index in [1.165, 1.54) is 0 Å². The Bertz CT molecular complexity index is 1270. The average molecular weight is 454 g/mol. The molecule has 0 saturated carbocycles. The summed E-state index contributed by atoms with van der Waals surface area (Å²) in [5.41, 5.74) is -0.609. The summed E-state index contributed by atoms with van der Waals surface area (Å²) in [6, 6.07) is 7.49. The van der Waals surface area contributed by atoms with E-state index in [-0.39, 0.29) is 46.4 Å². The van der Waals surface area contributed by atoms with Gasteiger partial charge in [0, 0.05) is 30.5 Å². The number of nitrogens with zero attached hydrogens (tertiary/aromatic N) is 1. The fourth-order valence-corrected chi connectivity index (χ4v) is 3.54. The molecule has 0 aliphatic carbocycles. The summed E-state index contributed by atoms with van der Waals surface area (Å²) in [4.78, 5) is 27.0. The third-order valence-electron chi connectivity index (χ3n) is 4.26. The first kappa shape index (κ1) is 24.0. The number of aliphatic hydroxyl groups is 1. The fourth-order valence-electron chi connectivity index (χ4n) is 3.09. The number of pyridine rings is 1. The van der Waals surface area contributed by atoms with Crippen LogP contribution in [0.2, 0.25) is 0 Å². The van der Waals surface area contributed by atoms with Gasteiger partial charge in [0.05, 0.1) is 34.9 Å². The van der Waals surface area contributed by atoms with Gasteiger partial charge in [-0.2, -0.15) is 8.42 Å². The van der Waals surface area contributed by atoms with Crippen LogP contribution in [0.1, 0.15) is 0 Å². The molecule has 0 bridgehead atoms. The maximum Gasteiger partial charge on any atom is 0.306 e. The number of nitro benzene ring substituents is 1. The predicted octanol–water partition coefficient (Wildman–Crippen LogP) is 0.0970. The largest absolute Gasteiger partial charge is 0.412 e. The van der Waals surface area contributed by atoms with Crippen molar-refractivity contribution in [1.82, 2.24) is 10.3 Å². The number of anilines is 1. The second kappa shape index (κ2) is 9.70. The highest BCUT2D eigenvalue weighted by Gasteiger charge is 2.25. The van der Waals surface area contributed by atoms with Gasteiger partial charge in [0.2, 0.25) is 0 Å². The molecular weight excluding hydrogens is 432 g/mol. The Hall–Kier alpha value is -3.26. The summed E-state index contributed by atoms with van der Waals surface area (Å²) in [7, 11) is -4.03. The van der Waals surface area contributed by atoms with Crippen molar-refractivity contribution in [3.63, 3.8) is 0 Å². The summed E-state index contributed by atoms with van der Waals surface area (Å²) in [6.45, 7) is 0.900. The van der Waals surface area contributed by atoms with Gasteiger partial charge in [-0.15, -0.1) is 0 Å². The number of para-hydroxylation sites is 1. The van der Waals surface area contributed by atoms with E-state index in [2.05, 4.69) is 15.6 Å². The van der Waals surface area contributed by atoms with Crippen LogP contribution in [0.15, 0.2) is 35.1 Å². The minimum absolute atomic E-state index is 0. The number of nitrogens with one attached hydrogen (secondary N) is 3. The minimum Gasteiger partial charge on any atom is -0.412 e. The summed E-state index contributed by atoms with van der Waals surface area (Å²) in [5.74, 6) is -0.348. The molecule has 31 heavy (non-hydrogen) atoms. The number of fused-ring (bicyclic) bond motifs is 2. The van der Waals surface area contributed by atoms with Crippen LogP contribution in [0, 0.1) is 10.1 Å². The topological polar surface area (TPSA) is 195 Å². The summed E-state index contributed by atoms with van der Waals surface area (Å²) < 4.78 is 28.4. The van der Waals surface area contributed by atoms with Gasteiger partial charge in [0.25, 0.3) is 5.69 Å². The zero-order valence-electron chi connectivity index (χ0n) is 16.5. The lowest BCUT2D eigenvalue weighted by Gasteiger charge is -2.15. The van der Waals surface area contributed by atoms with Crippen molar-refractivity contribution in [2.75, 3.05) is 37.8 Å². The summed E-state index contributed by atoms with van der Waals surface area (Å²) in [6.07, 6.45) is 0.806. The van der Waals surface area contributed by atoms with Crippen LogP contribution in [-0.2, 0) is 10.1 Å². The lowest BCUT2D eigenvalue weighted by Crippen LogP contribution is -2.25. The molecule has 0 atom stereocenters. The molecule has 0 aliphatic heterocycles. The fraction of sp³-hybridized carbons (Fsp3) is 0.278. The molecule has 0 amide bonds. The first-order chi connectivity index (χ1) is 14.2. The molecule has 0 aliphatic rings. The first-order valence-corrected chi connectivity index (χ1v) is 10.8. The SMILES string of the molecule is CS(=O)(=O)Oc1cc([N+](=O)[O-])c2[nH]c3ccccc3c(=O)c2c1NCCNCCO.O. The van der Waals surface area contributed by atoms with E-state index in [1.54, 1.807) is 24.3 Å². The zero-order chi connectivity index (χ0) is 21.9. The molecule has 6 N–H and O–H groups in total. The molecule has 3 aromatic rings. The van der Waals surface area contributed by atoms with Crippen LogP contribution >= 0.6 is 0 Å². The van der Waals surface area contributed by atoms with Gasteiger partial charge >= 0.3 is 10.1 Å². The summed E-state index contributed by atoms with van der Waals surface area (Å²) >= 11 is 0. The van der Waals surface area contributed by atoms with Crippen molar-refractivity contribution in [2.45, 2.75) is 0 Å². The molecular formula is C18H22N4O8S. The molecule has 0 unspecified atom stereocenters. The molecule has 3 rings (SSSR count). The zero-order valence-corrected chi connectivity index (χ0v) is 17.3. The normalized spacial score (nSPS) is 11.3. The molecule has 0 radical (unpaired) electrons. The number of benzene rings is 2. The van der Waals surface area contributed by atoms with E-state index >= 15 is 0 Å². The highest BCUT2D eigenvalue weighted by Crippen LogP contribution is 2.38. The van der Waals surface area contributed by atoms with E-state index < -0.39 is 26.2 Å². The molecule has 0 saturated heterocycles. The number of hydrogen-bond acceptors (Lipinski definition) is 9. The van der Waals surface area contributed by atoms with Gasteiger partial charge in [-0.1, -0.05) is 12.1 Å². The van der Waals surface area contributed by atoms with Gasteiger partial charge in [-0.3, -0.25) is 14.9 Å².